The van der Waals surface area contributed by atoms with Gasteiger partial charge in [-0.25, -0.2) is 9.78 Å². The molecule has 3 heterocycles. The third-order valence-corrected chi connectivity index (χ3v) is 4.81. The van der Waals surface area contributed by atoms with Crippen molar-refractivity contribution in [2.75, 3.05) is 18.0 Å². The molecule has 0 bridgehead atoms. The highest BCUT2D eigenvalue weighted by atomic mass is 32.1. The summed E-state index contributed by atoms with van der Waals surface area (Å²) in [5.74, 6) is 0.522. The smallest absolute Gasteiger partial charge is 0.356 e. The second kappa shape index (κ2) is 5.44. The van der Waals surface area contributed by atoms with Crippen LogP contribution in [0.3, 0.4) is 0 Å². The van der Waals surface area contributed by atoms with Crippen LogP contribution in [0.15, 0.2) is 11.6 Å². The van der Waals surface area contributed by atoms with E-state index in [4.69, 9.17) is 0 Å². The van der Waals surface area contributed by atoms with Gasteiger partial charge in [0.15, 0.2) is 16.5 Å². The van der Waals surface area contributed by atoms with E-state index in [1.807, 2.05) is 5.38 Å². The molecule has 0 unspecified atom stereocenters. The number of fused-ring (bicyclic) bond motifs is 1. The van der Waals surface area contributed by atoms with Crippen LogP contribution in [0.5, 0.6) is 0 Å². The fourth-order valence-corrected chi connectivity index (χ4v) is 3.74. The Morgan fingerprint density at radius 2 is 2.25 bits per heavy atom. The first-order valence-electron chi connectivity index (χ1n) is 7.14. The molecule has 0 amide bonds. The monoisotopic (exact) mass is 293 g/mol. The molecular formula is C14H19N3O2S. The Morgan fingerprint density at radius 1 is 1.50 bits per heavy atom. The van der Waals surface area contributed by atoms with Crippen molar-refractivity contribution < 1.29 is 9.90 Å². The van der Waals surface area contributed by atoms with Crippen molar-refractivity contribution >= 4 is 28.1 Å². The molecule has 0 saturated carbocycles. The minimum atomic E-state index is -0.901. The van der Waals surface area contributed by atoms with Gasteiger partial charge in [-0.1, -0.05) is 19.8 Å². The molecule has 1 N–H and O–H groups in total. The highest BCUT2D eigenvalue weighted by molar-refractivity contribution is 7.15. The molecule has 2 aromatic rings. The number of piperidine rings is 1. The van der Waals surface area contributed by atoms with Gasteiger partial charge in [-0.15, -0.1) is 11.3 Å². The molecule has 20 heavy (non-hydrogen) atoms. The zero-order valence-corrected chi connectivity index (χ0v) is 12.4. The molecule has 6 heteroatoms. The molecule has 0 atom stereocenters. The Labute approximate surface area is 121 Å². The molecular weight excluding hydrogens is 274 g/mol. The molecule has 1 aliphatic rings. The Hall–Kier alpha value is -1.56. The second-order valence-electron chi connectivity index (χ2n) is 5.36. The van der Waals surface area contributed by atoms with Crippen molar-refractivity contribution in [3.05, 3.63) is 17.3 Å². The molecule has 1 saturated heterocycles. The van der Waals surface area contributed by atoms with Crippen LogP contribution in [0.4, 0.5) is 5.82 Å². The van der Waals surface area contributed by atoms with Crippen LogP contribution < -0.4 is 4.90 Å². The number of hydrogen-bond donors (Lipinski definition) is 1. The van der Waals surface area contributed by atoms with Gasteiger partial charge in [-0.3, -0.25) is 4.40 Å². The van der Waals surface area contributed by atoms with Gasteiger partial charge >= 0.3 is 5.97 Å². The summed E-state index contributed by atoms with van der Waals surface area (Å²) in [7, 11) is 0. The number of carboxylic acids is 1. The summed E-state index contributed by atoms with van der Waals surface area (Å²) in [6.07, 6.45) is 6.56. The van der Waals surface area contributed by atoms with E-state index >= 15 is 0 Å². The van der Waals surface area contributed by atoms with Crippen molar-refractivity contribution in [3.8, 4) is 0 Å². The van der Waals surface area contributed by atoms with Gasteiger partial charge in [0, 0.05) is 24.7 Å². The van der Waals surface area contributed by atoms with E-state index in [1.165, 1.54) is 24.2 Å². The third kappa shape index (κ3) is 2.28. The summed E-state index contributed by atoms with van der Waals surface area (Å²) in [4.78, 5) is 18.9. The maximum atomic E-state index is 11.5. The van der Waals surface area contributed by atoms with Crippen LogP contribution in [0.2, 0.25) is 0 Å². The SMILES string of the molecule is CCCC1CCN(c2nc3sccn3c2C(=O)O)CC1. The fraction of sp³-hybridized carbons (Fsp3) is 0.571. The number of aromatic nitrogens is 2. The van der Waals surface area contributed by atoms with Gasteiger partial charge in [0.1, 0.15) is 0 Å². The summed E-state index contributed by atoms with van der Waals surface area (Å²) in [6, 6.07) is 0. The van der Waals surface area contributed by atoms with Crippen LogP contribution in [0.25, 0.3) is 4.96 Å². The molecule has 3 rings (SSSR count). The molecule has 2 aromatic heterocycles. The number of aromatic carboxylic acids is 1. The summed E-state index contributed by atoms with van der Waals surface area (Å²) in [5, 5.41) is 11.3. The van der Waals surface area contributed by atoms with Gasteiger partial charge in [0.25, 0.3) is 0 Å². The highest BCUT2D eigenvalue weighted by Crippen LogP contribution is 2.29. The van der Waals surface area contributed by atoms with Crippen molar-refractivity contribution in [3.63, 3.8) is 0 Å². The molecule has 0 spiro atoms. The fourth-order valence-electron chi connectivity index (χ4n) is 3.04. The van der Waals surface area contributed by atoms with Gasteiger partial charge in [0.05, 0.1) is 0 Å². The molecule has 0 aliphatic carbocycles. The maximum absolute atomic E-state index is 11.5. The van der Waals surface area contributed by atoms with Gasteiger partial charge in [-0.2, -0.15) is 0 Å². The van der Waals surface area contributed by atoms with Crippen LogP contribution in [-0.2, 0) is 0 Å². The van der Waals surface area contributed by atoms with E-state index in [0.29, 0.717) is 11.5 Å². The minimum Gasteiger partial charge on any atom is -0.476 e. The number of hydrogen-bond acceptors (Lipinski definition) is 4. The zero-order valence-electron chi connectivity index (χ0n) is 11.6. The predicted molar refractivity (Wildman–Crippen MR) is 79.9 cm³/mol. The molecule has 0 radical (unpaired) electrons. The topological polar surface area (TPSA) is 57.8 Å². The van der Waals surface area contributed by atoms with E-state index in [-0.39, 0.29) is 0 Å². The number of rotatable bonds is 4. The Balaban J connectivity index is 1.85. The Kier molecular flexibility index (Phi) is 3.65. The zero-order chi connectivity index (χ0) is 14.1. The predicted octanol–water partition coefficient (Wildman–Crippen LogP) is 3.11. The van der Waals surface area contributed by atoms with Crippen LogP contribution in [0.1, 0.15) is 43.1 Å². The number of anilines is 1. The number of nitrogens with zero attached hydrogens (tertiary/aromatic N) is 3. The van der Waals surface area contributed by atoms with Crippen molar-refractivity contribution in [1.82, 2.24) is 9.38 Å². The van der Waals surface area contributed by atoms with Crippen LogP contribution in [-0.4, -0.2) is 33.6 Å². The Bertz CT molecular complexity index is 611. The summed E-state index contributed by atoms with van der Waals surface area (Å²) >= 11 is 1.47. The first-order valence-corrected chi connectivity index (χ1v) is 8.02. The highest BCUT2D eigenvalue weighted by Gasteiger charge is 2.27. The lowest BCUT2D eigenvalue weighted by Crippen LogP contribution is -2.34. The standard InChI is InChI=1S/C14H19N3O2S/c1-2-3-10-4-6-16(7-5-10)12-11(13(18)19)17-8-9-20-14(17)15-12/h8-10H,2-7H2,1H3,(H,18,19). The van der Waals surface area contributed by atoms with E-state index in [2.05, 4.69) is 16.8 Å². The Morgan fingerprint density at radius 3 is 2.90 bits per heavy atom. The molecule has 5 nitrogen and oxygen atoms in total. The molecule has 0 aromatic carbocycles. The van der Waals surface area contributed by atoms with Crippen molar-refractivity contribution in [1.29, 1.82) is 0 Å². The number of carbonyl (C=O) groups is 1. The van der Waals surface area contributed by atoms with E-state index in [0.717, 1.165) is 36.8 Å². The average molecular weight is 293 g/mol. The van der Waals surface area contributed by atoms with E-state index in [9.17, 15) is 9.90 Å². The number of carboxylic acid groups (broad SMARTS) is 1. The lowest BCUT2D eigenvalue weighted by molar-refractivity contribution is 0.0690. The van der Waals surface area contributed by atoms with Crippen molar-refractivity contribution in [2.45, 2.75) is 32.6 Å². The quantitative estimate of drug-likeness (QED) is 0.941. The van der Waals surface area contributed by atoms with Crippen LogP contribution >= 0.6 is 11.3 Å². The lowest BCUT2D eigenvalue weighted by atomic mass is 9.92. The first kappa shape index (κ1) is 13.4. The van der Waals surface area contributed by atoms with Gasteiger partial charge in [-0.05, 0) is 18.8 Å². The average Bonchev–Trinajstić information content (AvgIpc) is 2.99. The van der Waals surface area contributed by atoms with Crippen molar-refractivity contribution in [2.24, 2.45) is 5.92 Å². The molecule has 1 aliphatic heterocycles. The number of thiazole rings is 1. The first-order chi connectivity index (χ1) is 9.70. The summed E-state index contributed by atoms with van der Waals surface area (Å²) in [5.41, 5.74) is 0.301. The largest absolute Gasteiger partial charge is 0.476 e. The second-order valence-corrected chi connectivity index (χ2v) is 6.24. The van der Waals surface area contributed by atoms with Gasteiger partial charge < -0.3 is 10.0 Å². The molecule has 108 valence electrons. The summed E-state index contributed by atoms with van der Waals surface area (Å²) < 4.78 is 1.68. The van der Waals surface area contributed by atoms with E-state index < -0.39 is 5.97 Å². The minimum absolute atomic E-state index is 0.301. The molecule has 1 fully saturated rings. The normalized spacial score (nSPS) is 16.9. The van der Waals surface area contributed by atoms with Gasteiger partial charge in [0.2, 0.25) is 0 Å². The third-order valence-electron chi connectivity index (χ3n) is 4.06. The van der Waals surface area contributed by atoms with E-state index in [1.54, 1.807) is 10.6 Å². The van der Waals surface area contributed by atoms with Crippen LogP contribution in [0, 0.1) is 5.92 Å². The lowest BCUT2D eigenvalue weighted by Gasteiger charge is -2.32. The number of imidazole rings is 1. The maximum Gasteiger partial charge on any atom is 0.356 e. The summed E-state index contributed by atoms with van der Waals surface area (Å²) in [6.45, 7) is 4.05.